The van der Waals surface area contributed by atoms with Crippen LogP contribution in [0.25, 0.3) is 0 Å². The summed E-state index contributed by atoms with van der Waals surface area (Å²) in [5.74, 6) is 3.19. The van der Waals surface area contributed by atoms with E-state index in [0.29, 0.717) is 11.8 Å². The van der Waals surface area contributed by atoms with Gasteiger partial charge in [-0.25, -0.2) is 0 Å². The van der Waals surface area contributed by atoms with Crippen LogP contribution in [0.4, 0.5) is 0 Å². The van der Waals surface area contributed by atoms with Crippen LogP contribution in [-0.4, -0.2) is 23.0 Å². The van der Waals surface area contributed by atoms with Gasteiger partial charge in [-0.1, -0.05) is 5.16 Å². The molecule has 4 bridgehead atoms. The Bertz CT molecular complexity index is 379. The molecular formula is C14H23N3O2. The molecule has 106 valence electrons. The van der Waals surface area contributed by atoms with Crippen molar-refractivity contribution in [2.75, 3.05) is 0 Å². The molecule has 4 aliphatic carbocycles. The maximum absolute atomic E-state index is 12.5. The van der Waals surface area contributed by atoms with Crippen molar-refractivity contribution in [2.45, 2.75) is 45.1 Å². The highest BCUT2D eigenvalue weighted by molar-refractivity contribution is 5.90. The first-order valence-corrected chi connectivity index (χ1v) is 7.36. The number of carbonyl (C=O) groups is 1. The molecule has 0 spiro atoms. The Balaban J connectivity index is 1.67. The van der Waals surface area contributed by atoms with Crippen molar-refractivity contribution in [1.82, 2.24) is 5.32 Å². The van der Waals surface area contributed by atoms with E-state index in [9.17, 15) is 4.79 Å². The lowest BCUT2D eigenvalue weighted by molar-refractivity contribution is -0.138. The van der Waals surface area contributed by atoms with Crippen LogP contribution in [0.3, 0.4) is 0 Å². The van der Waals surface area contributed by atoms with Crippen molar-refractivity contribution in [3.8, 4) is 0 Å². The highest BCUT2D eigenvalue weighted by Crippen LogP contribution is 2.56. The van der Waals surface area contributed by atoms with Gasteiger partial charge in [0.05, 0.1) is 6.04 Å². The molecule has 1 atom stereocenters. The number of rotatable bonds is 3. The number of nitrogens with two attached hydrogens (primary N) is 1. The molecule has 0 aromatic heterocycles. The first-order valence-electron chi connectivity index (χ1n) is 7.36. The lowest BCUT2D eigenvalue weighted by Gasteiger charge is -2.53. The Hall–Kier alpha value is -1.26. The number of amides is 1. The highest BCUT2D eigenvalue weighted by Gasteiger charge is 2.50. The first-order chi connectivity index (χ1) is 9.08. The van der Waals surface area contributed by atoms with Gasteiger partial charge in [0.25, 0.3) is 0 Å². The second kappa shape index (κ2) is 4.69. The molecule has 5 heteroatoms. The maximum Gasteiger partial charge on any atom is 0.224 e. The molecule has 0 saturated heterocycles. The number of nitrogens with one attached hydrogen (secondary N) is 1. The average Bonchev–Trinajstić information content (AvgIpc) is 2.36. The summed E-state index contributed by atoms with van der Waals surface area (Å²) in [6.07, 6.45) is 6.29. The van der Waals surface area contributed by atoms with Gasteiger partial charge in [0.1, 0.15) is 0 Å². The van der Waals surface area contributed by atoms with E-state index in [4.69, 9.17) is 10.9 Å². The molecule has 4 aliphatic rings. The Morgan fingerprint density at radius 3 is 2.21 bits per heavy atom. The number of amidine groups is 1. The second-order valence-electron chi connectivity index (χ2n) is 6.71. The molecule has 0 aromatic rings. The topological polar surface area (TPSA) is 87.7 Å². The molecule has 0 radical (unpaired) electrons. The summed E-state index contributed by atoms with van der Waals surface area (Å²) in [6, 6.07) is -0.394. The minimum atomic E-state index is -0.394. The Morgan fingerprint density at radius 1 is 1.21 bits per heavy atom. The molecule has 1 unspecified atom stereocenters. The van der Waals surface area contributed by atoms with Crippen LogP contribution in [-0.2, 0) is 4.79 Å². The third kappa shape index (κ3) is 2.19. The molecule has 0 aliphatic heterocycles. The van der Waals surface area contributed by atoms with Crippen LogP contribution in [0.5, 0.6) is 0 Å². The van der Waals surface area contributed by atoms with E-state index in [1.807, 2.05) is 0 Å². The quantitative estimate of drug-likeness (QED) is 0.311. The van der Waals surface area contributed by atoms with E-state index in [1.165, 1.54) is 32.1 Å². The molecule has 0 aromatic carbocycles. The van der Waals surface area contributed by atoms with Crippen molar-refractivity contribution in [3.63, 3.8) is 0 Å². The van der Waals surface area contributed by atoms with Crippen LogP contribution in [0.15, 0.2) is 5.16 Å². The van der Waals surface area contributed by atoms with E-state index >= 15 is 0 Å². The third-order valence-electron chi connectivity index (χ3n) is 5.45. The lowest BCUT2D eigenvalue weighted by Crippen LogP contribution is -2.53. The summed E-state index contributed by atoms with van der Waals surface area (Å²) in [5, 5.41) is 14.5. The second-order valence-corrected chi connectivity index (χ2v) is 6.71. The van der Waals surface area contributed by atoms with Crippen molar-refractivity contribution >= 4 is 11.7 Å². The van der Waals surface area contributed by atoms with E-state index in [-0.39, 0.29) is 17.7 Å². The van der Waals surface area contributed by atoms with Gasteiger partial charge in [-0.05, 0) is 62.7 Å². The van der Waals surface area contributed by atoms with Gasteiger partial charge >= 0.3 is 0 Å². The Morgan fingerprint density at radius 2 is 1.74 bits per heavy atom. The minimum absolute atomic E-state index is 0.0668. The number of hydrogen-bond acceptors (Lipinski definition) is 3. The fraction of sp³-hybridized carbons (Fsp3) is 0.857. The Labute approximate surface area is 113 Å². The maximum atomic E-state index is 12.5. The molecule has 19 heavy (non-hydrogen) atoms. The number of oxime groups is 1. The number of carbonyl (C=O) groups excluding carboxylic acids is 1. The van der Waals surface area contributed by atoms with Crippen LogP contribution >= 0.6 is 0 Å². The van der Waals surface area contributed by atoms with Gasteiger partial charge in [-0.15, -0.1) is 0 Å². The van der Waals surface area contributed by atoms with E-state index in [2.05, 4.69) is 10.5 Å². The van der Waals surface area contributed by atoms with Gasteiger partial charge in [0.2, 0.25) is 5.91 Å². The molecule has 4 saturated carbocycles. The van der Waals surface area contributed by atoms with Crippen molar-refractivity contribution < 1.29 is 10.0 Å². The summed E-state index contributed by atoms with van der Waals surface area (Å²) >= 11 is 0. The monoisotopic (exact) mass is 265 g/mol. The van der Waals surface area contributed by atoms with Crippen LogP contribution < -0.4 is 11.1 Å². The van der Waals surface area contributed by atoms with E-state index in [0.717, 1.165) is 11.8 Å². The molecular weight excluding hydrogens is 242 g/mol. The van der Waals surface area contributed by atoms with Crippen LogP contribution in [0.1, 0.15) is 39.0 Å². The highest BCUT2D eigenvalue weighted by atomic mass is 16.4. The van der Waals surface area contributed by atoms with Crippen molar-refractivity contribution in [1.29, 1.82) is 0 Å². The van der Waals surface area contributed by atoms with Crippen molar-refractivity contribution in [3.05, 3.63) is 0 Å². The fourth-order valence-corrected chi connectivity index (χ4v) is 4.82. The van der Waals surface area contributed by atoms with Crippen LogP contribution in [0.2, 0.25) is 0 Å². The SMILES string of the molecule is CC(NC(=O)C1C2CC3CC(C2)CC1C3)C(N)=NO. The smallest absolute Gasteiger partial charge is 0.224 e. The zero-order chi connectivity index (χ0) is 13.6. The average molecular weight is 265 g/mol. The molecule has 4 rings (SSSR count). The summed E-state index contributed by atoms with van der Waals surface area (Å²) in [5.41, 5.74) is 5.52. The Kier molecular flexibility index (Phi) is 3.15. The predicted molar refractivity (Wildman–Crippen MR) is 71.5 cm³/mol. The number of nitrogens with zero attached hydrogens (tertiary/aromatic N) is 1. The molecule has 1 amide bonds. The molecule has 5 nitrogen and oxygen atoms in total. The predicted octanol–water partition coefficient (Wildman–Crippen LogP) is 1.31. The van der Waals surface area contributed by atoms with E-state index < -0.39 is 6.04 Å². The van der Waals surface area contributed by atoms with Gasteiger partial charge < -0.3 is 16.3 Å². The zero-order valence-electron chi connectivity index (χ0n) is 11.4. The van der Waals surface area contributed by atoms with E-state index in [1.54, 1.807) is 6.92 Å². The summed E-state index contributed by atoms with van der Waals surface area (Å²) in [6.45, 7) is 1.75. The van der Waals surface area contributed by atoms with Crippen LogP contribution in [0, 0.1) is 29.6 Å². The number of hydrogen-bond donors (Lipinski definition) is 3. The summed E-state index contributed by atoms with van der Waals surface area (Å²) < 4.78 is 0. The third-order valence-corrected chi connectivity index (χ3v) is 5.45. The molecule has 0 heterocycles. The molecule has 4 fully saturated rings. The summed E-state index contributed by atoms with van der Waals surface area (Å²) in [4.78, 5) is 12.5. The zero-order valence-corrected chi connectivity index (χ0v) is 11.4. The van der Waals surface area contributed by atoms with Gasteiger partial charge in [0, 0.05) is 5.92 Å². The minimum Gasteiger partial charge on any atom is -0.409 e. The van der Waals surface area contributed by atoms with Gasteiger partial charge in [-0.2, -0.15) is 0 Å². The fourth-order valence-electron chi connectivity index (χ4n) is 4.82. The standard InChI is InChI=1S/C14H23N3O2/c1-7(13(15)17-19)16-14(18)12-10-3-8-2-9(5-10)6-11(12)4-8/h7-12,19H,2-6H2,1H3,(H2,15,17)(H,16,18). The largest absolute Gasteiger partial charge is 0.409 e. The first kappa shape index (κ1) is 12.8. The van der Waals surface area contributed by atoms with Crippen molar-refractivity contribution in [2.24, 2.45) is 40.5 Å². The lowest BCUT2D eigenvalue weighted by atomic mass is 9.51. The molecule has 4 N–H and O–H groups in total. The summed E-state index contributed by atoms with van der Waals surface area (Å²) in [7, 11) is 0. The normalized spacial score (nSPS) is 42.2. The van der Waals surface area contributed by atoms with Gasteiger partial charge in [0.15, 0.2) is 5.84 Å². The van der Waals surface area contributed by atoms with Gasteiger partial charge in [-0.3, -0.25) is 4.79 Å².